The lowest BCUT2D eigenvalue weighted by atomic mass is 10.0. The first-order valence-electron chi connectivity index (χ1n) is 10.1. The first-order chi connectivity index (χ1) is 15.4. The smallest absolute Gasteiger partial charge is 0.338 e. The van der Waals surface area contributed by atoms with Gasteiger partial charge in [0.25, 0.3) is 0 Å². The molecule has 162 valence electrons. The van der Waals surface area contributed by atoms with Gasteiger partial charge in [0.05, 0.1) is 29.1 Å². The SMILES string of the molecule is CCOC(=O)c1ccc(-n2c(O)c(O)c(C(=O)c3cccn3C)c2-c2ccccc2)cc1. The van der Waals surface area contributed by atoms with Crippen LogP contribution in [0.4, 0.5) is 0 Å². The van der Waals surface area contributed by atoms with E-state index in [-0.39, 0.29) is 12.2 Å². The molecule has 4 rings (SSSR count). The second-order valence-electron chi connectivity index (χ2n) is 7.20. The third-order valence-corrected chi connectivity index (χ3v) is 5.21. The van der Waals surface area contributed by atoms with Gasteiger partial charge in [0.1, 0.15) is 0 Å². The molecule has 2 aromatic carbocycles. The van der Waals surface area contributed by atoms with Gasteiger partial charge in [-0.05, 0) is 48.9 Å². The Balaban J connectivity index is 1.93. The maximum absolute atomic E-state index is 13.4. The van der Waals surface area contributed by atoms with E-state index in [1.807, 2.05) is 6.07 Å². The van der Waals surface area contributed by atoms with Gasteiger partial charge in [0.2, 0.25) is 11.7 Å². The summed E-state index contributed by atoms with van der Waals surface area (Å²) in [6.45, 7) is 1.99. The van der Waals surface area contributed by atoms with Gasteiger partial charge < -0.3 is 19.5 Å². The normalized spacial score (nSPS) is 10.8. The van der Waals surface area contributed by atoms with Gasteiger partial charge in [-0.25, -0.2) is 4.79 Å². The minimum absolute atomic E-state index is 0.00929. The number of hydrogen-bond acceptors (Lipinski definition) is 5. The fourth-order valence-corrected chi connectivity index (χ4v) is 3.67. The predicted octanol–water partition coefficient (Wildman–Crippen LogP) is 4.30. The molecule has 0 unspecified atom stereocenters. The standard InChI is InChI=1S/C25H22N2O5/c1-3-32-25(31)17-11-13-18(14-12-17)27-21(16-8-5-4-6-9-16)20(23(29)24(27)30)22(28)19-10-7-15-26(19)2/h4-15,29-30H,3H2,1-2H3. The van der Waals surface area contributed by atoms with Gasteiger partial charge in [-0.15, -0.1) is 0 Å². The molecule has 4 aromatic rings. The van der Waals surface area contributed by atoms with Crippen LogP contribution in [0.2, 0.25) is 0 Å². The van der Waals surface area contributed by atoms with Gasteiger partial charge in [0.15, 0.2) is 5.75 Å². The highest BCUT2D eigenvalue weighted by molar-refractivity contribution is 6.14. The molecule has 2 heterocycles. The molecule has 0 atom stereocenters. The predicted molar refractivity (Wildman–Crippen MR) is 119 cm³/mol. The maximum atomic E-state index is 13.4. The molecule has 0 bridgehead atoms. The molecule has 7 nitrogen and oxygen atoms in total. The van der Waals surface area contributed by atoms with Crippen molar-refractivity contribution in [2.45, 2.75) is 6.92 Å². The molecule has 2 N–H and O–H groups in total. The molecule has 0 aliphatic carbocycles. The Morgan fingerprint density at radius 3 is 2.22 bits per heavy atom. The van der Waals surface area contributed by atoms with E-state index >= 15 is 0 Å². The van der Waals surface area contributed by atoms with E-state index < -0.39 is 23.4 Å². The first kappa shape index (κ1) is 21.0. The highest BCUT2D eigenvalue weighted by Gasteiger charge is 2.30. The van der Waals surface area contributed by atoms with Gasteiger partial charge in [0, 0.05) is 18.9 Å². The molecule has 0 saturated heterocycles. The van der Waals surface area contributed by atoms with E-state index in [1.165, 1.54) is 4.57 Å². The second kappa shape index (κ2) is 8.47. The fraction of sp³-hybridized carbons (Fsp3) is 0.120. The zero-order chi connectivity index (χ0) is 22.8. The minimum Gasteiger partial charge on any atom is -0.503 e. The van der Waals surface area contributed by atoms with Gasteiger partial charge in [-0.1, -0.05) is 30.3 Å². The molecule has 2 aromatic heterocycles. The summed E-state index contributed by atoms with van der Waals surface area (Å²) < 4.78 is 8.07. The number of aromatic nitrogens is 2. The summed E-state index contributed by atoms with van der Waals surface area (Å²) in [5.74, 6) is -1.86. The van der Waals surface area contributed by atoms with E-state index in [9.17, 15) is 19.8 Å². The molecule has 0 spiro atoms. The largest absolute Gasteiger partial charge is 0.503 e. The van der Waals surface area contributed by atoms with Crippen molar-refractivity contribution in [2.24, 2.45) is 7.05 Å². The van der Waals surface area contributed by atoms with Crippen LogP contribution in [0.25, 0.3) is 16.9 Å². The molecule has 0 radical (unpaired) electrons. The number of hydrogen-bond donors (Lipinski definition) is 2. The highest BCUT2D eigenvalue weighted by Crippen LogP contribution is 2.44. The summed E-state index contributed by atoms with van der Waals surface area (Å²) in [7, 11) is 1.73. The Bertz CT molecular complexity index is 1280. The van der Waals surface area contributed by atoms with Crippen molar-refractivity contribution in [3.8, 4) is 28.6 Å². The number of benzene rings is 2. The van der Waals surface area contributed by atoms with Gasteiger partial charge >= 0.3 is 5.97 Å². The van der Waals surface area contributed by atoms with Gasteiger partial charge in [-0.2, -0.15) is 0 Å². The van der Waals surface area contributed by atoms with Crippen molar-refractivity contribution in [1.29, 1.82) is 0 Å². The molecular weight excluding hydrogens is 408 g/mol. The molecule has 0 fully saturated rings. The monoisotopic (exact) mass is 430 g/mol. The lowest BCUT2D eigenvalue weighted by Gasteiger charge is -2.13. The van der Waals surface area contributed by atoms with E-state index in [0.717, 1.165) is 0 Å². The molecule has 7 heteroatoms. The Morgan fingerprint density at radius 1 is 0.938 bits per heavy atom. The average molecular weight is 430 g/mol. The summed E-state index contributed by atoms with van der Waals surface area (Å²) in [5, 5.41) is 21.7. The van der Waals surface area contributed by atoms with Crippen molar-refractivity contribution in [3.05, 3.63) is 89.7 Å². The Labute approximate surface area is 184 Å². The summed E-state index contributed by atoms with van der Waals surface area (Å²) >= 11 is 0. The lowest BCUT2D eigenvalue weighted by Crippen LogP contribution is -2.09. The van der Waals surface area contributed by atoms with Crippen molar-refractivity contribution in [3.63, 3.8) is 0 Å². The highest BCUT2D eigenvalue weighted by atomic mass is 16.5. The number of aryl methyl sites for hydroxylation is 1. The van der Waals surface area contributed by atoms with Crippen LogP contribution in [-0.4, -0.2) is 37.7 Å². The summed E-state index contributed by atoms with van der Waals surface area (Å²) in [6, 6.07) is 18.8. The van der Waals surface area contributed by atoms with E-state index in [2.05, 4.69) is 0 Å². The van der Waals surface area contributed by atoms with E-state index in [1.54, 1.807) is 85.4 Å². The second-order valence-corrected chi connectivity index (χ2v) is 7.20. The number of carbonyl (C=O) groups excluding carboxylic acids is 2. The number of nitrogens with zero attached hydrogens (tertiary/aromatic N) is 2. The van der Waals surface area contributed by atoms with Crippen LogP contribution < -0.4 is 0 Å². The third kappa shape index (κ3) is 3.54. The molecule has 0 aliphatic rings. The van der Waals surface area contributed by atoms with Crippen LogP contribution in [0, 0.1) is 0 Å². The molecule has 0 aliphatic heterocycles. The quantitative estimate of drug-likeness (QED) is 0.351. The van der Waals surface area contributed by atoms with Crippen LogP contribution in [0.15, 0.2) is 72.9 Å². The fourth-order valence-electron chi connectivity index (χ4n) is 3.67. The van der Waals surface area contributed by atoms with Crippen molar-refractivity contribution in [1.82, 2.24) is 9.13 Å². The third-order valence-electron chi connectivity index (χ3n) is 5.21. The number of rotatable bonds is 6. The van der Waals surface area contributed by atoms with Crippen molar-refractivity contribution < 1.29 is 24.5 Å². The van der Waals surface area contributed by atoms with Crippen LogP contribution >= 0.6 is 0 Å². The Hall–Kier alpha value is -4.26. The zero-order valence-corrected chi connectivity index (χ0v) is 17.6. The number of aromatic hydroxyl groups is 2. The van der Waals surface area contributed by atoms with Crippen LogP contribution in [0.3, 0.4) is 0 Å². The van der Waals surface area contributed by atoms with Crippen LogP contribution in [0.1, 0.15) is 33.3 Å². The van der Waals surface area contributed by atoms with Crippen LogP contribution in [-0.2, 0) is 11.8 Å². The molecule has 0 amide bonds. The summed E-state index contributed by atoms with van der Waals surface area (Å²) in [5.41, 5.74) is 2.16. The maximum Gasteiger partial charge on any atom is 0.338 e. The Morgan fingerprint density at radius 2 is 1.62 bits per heavy atom. The number of ether oxygens (including phenoxy) is 1. The molecule has 0 saturated carbocycles. The number of carbonyl (C=O) groups is 2. The van der Waals surface area contributed by atoms with Crippen molar-refractivity contribution in [2.75, 3.05) is 6.61 Å². The van der Waals surface area contributed by atoms with Gasteiger partial charge in [-0.3, -0.25) is 9.36 Å². The Kier molecular flexibility index (Phi) is 5.55. The number of esters is 1. The lowest BCUT2D eigenvalue weighted by molar-refractivity contribution is 0.0526. The molecular formula is C25H22N2O5. The average Bonchev–Trinajstić information content (AvgIpc) is 3.35. The first-order valence-corrected chi connectivity index (χ1v) is 10.1. The van der Waals surface area contributed by atoms with Crippen LogP contribution in [0.5, 0.6) is 11.6 Å². The van der Waals surface area contributed by atoms with E-state index in [4.69, 9.17) is 4.74 Å². The summed E-state index contributed by atoms with van der Waals surface area (Å²) in [6.07, 6.45) is 1.73. The summed E-state index contributed by atoms with van der Waals surface area (Å²) in [4.78, 5) is 25.4. The topological polar surface area (TPSA) is 93.7 Å². The number of ketones is 1. The molecule has 32 heavy (non-hydrogen) atoms. The minimum atomic E-state index is -0.510. The zero-order valence-electron chi connectivity index (χ0n) is 17.6. The van der Waals surface area contributed by atoms with Crippen molar-refractivity contribution >= 4 is 11.8 Å². The van der Waals surface area contributed by atoms with E-state index in [0.29, 0.717) is 28.2 Å².